The average molecular weight is 411 g/mol. The third-order valence-electron chi connectivity index (χ3n) is 6.95. The van der Waals surface area contributed by atoms with E-state index in [0.717, 1.165) is 31.3 Å². The molecule has 5 heteroatoms. The molecule has 0 bridgehead atoms. The molecule has 5 nitrogen and oxygen atoms in total. The minimum Gasteiger partial charge on any atom is -0.392 e. The van der Waals surface area contributed by atoms with Crippen LogP contribution < -0.4 is 0 Å². The van der Waals surface area contributed by atoms with Crippen molar-refractivity contribution in [2.45, 2.75) is 84.1 Å². The molecular weight excluding hydrogens is 368 g/mol. The first-order valence-corrected chi connectivity index (χ1v) is 11.1. The molecule has 1 saturated heterocycles. The van der Waals surface area contributed by atoms with Gasteiger partial charge in [0.05, 0.1) is 18.3 Å². The van der Waals surface area contributed by atoms with E-state index in [1.807, 2.05) is 6.08 Å². The van der Waals surface area contributed by atoms with Gasteiger partial charge in [0.1, 0.15) is 6.10 Å². The van der Waals surface area contributed by atoms with Crippen LogP contribution in [0.4, 0.5) is 0 Å². The standard InChI is InChI=1S/C24H42O5/c1-8-20(26-5)17(4)18-14-19(18)23(25)15(2)10-9-11-16(3)24-21(27-6)12-13-22(28-7)29-24/h9-11,15,17-25H,8,12-14H2,1-7H3/b10-9+,16-11+/t15-,17-,18+,19-,20-,21-,22+,23+,24+/m0/s1. The van der Waals surface area contributed by atoms with Crippen LogP contribution in [-0.2, 0) is 18.9 Å². The van der Waals surface area contributed by atoms with Gasteiger partial charge in [0, 0.05) is 33.7 Å². The van der Waals surface area contributed by atoms with Gasteiger partial charge in [-0.05, 0) is 49.5 Å². The summed E-state index contributed by atoms with van der Waals surface area (Å²) in [5.41, 5.74) is 1.11. The van der Waals surface area contributed by atoms with Crippen LogP contribution >= 0.6 is 0 Å². The predicted octanol–water partition coefficient (Wildman–Crippen LogP) is 4.35. The monoisotopic (exact) mass is 410 g/mol. The van der Waals surface area contributed by atoms with E-state index < -0.39 is 0 Å². The maximum Gasteiger partial charge on any atom is 0.158 e. The number of ether oxygens (including phenoxy) is 4. The lowest BCUT2D eigenvalue weighted by atomic mass is 9.91. The molecule has 1 aliphatic heterocycles. The molecule has 0 spiro atoms. The van der Waals surface area contributed by atoms with E-state index >= 15 is 0 Å². The smallest absolute Gasteiger partial charge is 0.158 e. The van der Waals surface area contributed by atoms with Crippen molar-refractivity contribution < 1.29 is 24.1 Å². The summed E-state index contributed by atoms with van der Waals surface area (Å²) < 4.78 is 22.6. The molecule has 9 atom stereocenters. The topological polar surface area (TPSA) is 57.2 Å². The van der Waals surface area contributed by atoms with Crippen molar-refractivity contribution >= 4 is 0 Å². The van der Waals surface area contributed by atoms with E-state index in [4.69, 9.17) is 18.9 Å². The number of methoxy groups -OCH3 is 3. The molecule has 2 rings (SSSR count). The van der Waals surface area contributed by atoms with Crippen molar-refractivity contribution in [3.8, 4) is 0 Å². The summed E-state index contributed by atoms with van der Waals surface area (Å²) in [5, 5.41) is 10.8. The van der Waals surface area contributed by atoms with Gasteiger partial charge >= 0.3 is 0 Å². The van der Waals surface area contributed by atoms with Gasteiger partial charge in [0.2, 0.25) is 0 Å². The Morgan fingerprint density at radius 3 is 2.45 bits per heavy atom. The molecule has 0 aromatic rings. The van der Waals surface area contributed by atoms with Crippen LogP contribution in [0.1, 0.15) is 53.4 Å². The van der Waals surface area contributed by atoms with Crippen molar-refractivity contribution in [2.75, 3.05) is 21.3 Å². The van der Waals surface area contributed by atoms with E-state index in [9.17, 15) is 5.11 Å². The molecular formula is C24H42O5. The predicted molar refractivity (Wildman–Crippen MR) is 116 cm³/mol. The summed E-state index contributed by atoms with van der Waals surface area (Å²) in [6.45, 7) is 8.57. The van der Waals surface area contributed by atoms with E-state index in [1.165, 1.54) is 0 Å². The van der Waals surface area contributed by atoms with Crippen molar-refractivity contribution in [1.82, 2.24) is 0 Å². The van der Waals surface area contributed by atoms with Crippen molar-refractivity contribution in [3.05, 3.63) is 23.8 Å². The number of hydrogen-bond acceptors (Lipinski definition) is 5. The highest BCUT2D eigenvalue weighted by molar-refractivity contribution is 5.17. The Bertz CT molecular complexity index is 541. The second kappa shape index (κ2) is 11.6. The van der Waals surface area contributed by atoms with Gasteiger partial charge in [0.15, 0.2) is 6.29 Å². The number of rotatable bonds is 11. The Morgan fingerprint density at radius 1 is 1.14 bits per heavy atom. The molecule has 2 aliphatic rings. The molecule has 2 fully saturated rings. The quantitative estimate of drug-likeness (QED) is 0.513. The Kier molecular flexibility index (Phi) is 9.83. The van der Waals surface area contributed by atoms with Crippen molar-refractivity contribution in [2.24, 2.45) is 23.7 Å². The normalized spacial score (nSPS) is 34.8. The zero-order chi connectivity index (χ0) is 21.6. The maximum absolute atomic E-state index is 10.8. The third-order valence-corrected chi connectivity index (χ3v) is 6.95. The van der Waals surface area contributed by atoms with Crippen LogP contribution in [0.15, 0.2) is 23.8 Å². The van der Waals surface area contributed by atoms with Crippen LogP contribution in [-0.4, -0.2) is 57.1 Å². The zero-order valence-corrected chi connectivity index (χ0v) is 19.3. The lowest BCUT2D eigenvalue weighted by Gasteiger charge is -2.35. The van der Waals surface area contributed by atoms with E-state index in [2.05, 4.69) is 39.8 Å². The second-order valence-electron chi connectivity index (χ2n) is 8.82. The number of aliphatic hydroxyl groups is 1. The summed E-state index contributed by atoms with van der Waals surface area (Å²) >= 11 is 0. The Hall–Kier alpha value is -0.720. The first kappa shape index (κ1) is 24.5. The largest absolute Gasteiger partial charge is 0.392 e. The summed E-state index contributed by atoms with van der Waals surface area (Å²) in [4.78, 5) is 0. The molecule has 0 aromatic carbocycles. The van der Waals surface area contributed by atoms with Crippen LogP contribution in [0.3, 0.4) is 0 Å². The van der Waals surface area contributed by atoms with E-state index in [-0.39, 0.29) is 36.6 Å². The number of allylic oxidation sites excluding steroid dienone is 2. The fraction of sp³-hybridized carbons (Fsp3) is 0.833. The van der Waals surface area contributed by atoms with E-state index in [1.54, 1.807) is 21.3 Å². The molecule has 29 heavy (non-hydrogen) atoms. The molecule has 168 valence electrons. The van der Waals surface area contributed by atoms with Gasteiger partial charge in [-0.2, -0.15) is 0 Å². The summed E-state index contributed by atoms with van der Waals surface area (Å²) in [5.74, 6) is 1.54. The molecule has 0 unspecified atom stereocenters. The lowest BCUT2D eigenvalue weighted by Crippen LogP contribution is -2.41. The summed E-state index contributed by atoms with van der Waals surface area (Å²) in [6.07, 6.45) is 9.85. The minimum atomic E-state index is -0.308. The maximum atomic E-state index is 10.8. The molecule has 0 amide bonds. The van der Waals surface area contributed by atoms with Gasteiger partial charge in [-0.15, -0.1) is 0 Å². The fourth-order valence-corrected chi connectivity index (χ4v) is 4.83. The first-order chi connectivity index (χ1) is 13.9. The van der Waals surface area contributed by atoms with Gasteiger partial charge in [-0.1, -0.05) is 39.0 Å². The Balaban J connectivity index is 1.90. The second-order valence-corrected chi connectivity index (χ2v) is 8.82. The van der Waals surface area contributed by atoms with Gasteiger partial charge < -0.3 is 24.1 Å². The SMILES string of the molecule is CC[C@H](OC)[C@@H](C)[C@H]1C[C@@H]1[C@H](O)[C@@H](C)/C=C/C=C(\C)[C@H]1O[C@@H](OC)CC[C@@H]1OC. The van der Waals surface area contributed by atoms with Crippen molar-refractivity contribution in [1.29, 1.82) is 0 Å². The minimum absolute atomic E-state index is 0.0510. The van der Waals surface area contributed by atoms with Crippen LogP contribution in [0.25, 0.3) is 0 Å². The van der Waals surface area contributed by atoms with E-state index in [0.29, 0.717) is 17.8 Å². The van der Waals surface area contributed by atoms with Crippen LogP contribution in [0.5, 0.6) is 0 Å². The molecule has 1 aliphatic carbocycles. The summed E-state index contributed by atoms with van der Waals surface area (Å²) in [7, 11) is 5.20. The molecule has 1 heterocycles. The molecule has 1 saturated carbocycles. The highest BCUT2D eigenvalue weighted by Gasteiger charge is 2.48. The first-order valence-electron chi connectivity index (χ1n) is 11.1. The average Bonchev–Trinajstić information content (AvgIpc) is 3.54. The van der Waals surface area contributed by atoms with Gasteiger partial charge in [-0.3, -0.25) is 0 Å². The molecule has 0 radical (unpaired) electrons. The highest BCUT2D eigenvalue weighted by Crippen LogP contribution is 2.49. The number of aliphatic hydroxyl groups excluding tert-OH is 1. The van der Waals surface area contributed by atoms with Crippen LogP contribution in [0, 0.1) is 23.7 Å². The Morgan fingerprint density at radius 2 is 1.86 bits per heavy atom. The number of hydrogen-bond donors (Lipinski definition) is 1. The van der Waals surface area contributed by atoms with Gasteiger partial charge in [0.25, 0.3) is 0 Å². The van der Waals surface area contributed by atoms with Crippen LogP contribution in [0.2, 0.25) is 0 Å². The summed E-state index contributed by atoms with van der Waals surface area (Å²) in [6, 6.07) is 0. The fourth-order valence-electron chi connectivity index (χ4n) is 4.83. The highest BCUT2D eigenvalue weighted by atomic mass is 16.7. The van der Waals surface area contributed by atoms with Gasteiger partial charge in [-0.25, -0.2) is 0 Å². The Labute approximate surface area is 177 Å². The third kappa shape index (κ3) is 6.38. The lowest BCUT2D eigenvalue weighted by molar-refractivity contribution is -0.205. The zero-order valence-electron chi connectivity index (χ0n) is 19.3. The van der Waals surface area contributed by atoms with Crippen molar-refractivity contribution in [3.63, 3.8) is 0 Å². The molecule has 0 aromatic heterocycles. The molecule has 1 N–H and O–H groups in total.